The fourth-order valence-electron chi connectivity index (χ4n) is 1.70. The van der Waals surface area contributed by atoms with E-state index in [0.29, 0.717) is 11.8 Å². The standard InChI is InChI=1S/C14H9F3INO2/c15-14(16,17)8-1-6-12(11(7-8)13(20)21)19-10-4-2-9(18)3-5-10/h1-7,19H,(H,20,21). The zero-order chi connectivity index (χ0) is 15.6. The van der Waals surface area contributed by atoms with E-state index in [1.165, 1.54) is 0 Å². The Morgan fingerprint density at radius 3 is 2.24 bits per heavy atom. The Morgan fingerprint density at radius 1 is 1.10 bits per heavy atom. The van der Waals surface area contributed by atoms with Gasteiger partial charge in [0.1, 0.15) is 0 Å². The largest absolute Gasteiger partial charge is 0.478 e. The highest BCUT2D eigenvalue weighted by molar-refractivity contribution is 14.1. The van der Waals surface area contributed by atoms with E-state index in [2.05, 4.69) is 27.9 Å². The Balaban J connectivity index is 2.39. The Morgan fingerprint density at radius 2 is 1.71 bits per heavy atom. The van der Waals surface area contributed by atoms with Crippen LogP contribution in [0.4, 0.5) is 24.5 Å². The molecule has 0 saturated heterocycles. The van der Waals surface area contributed by atoms with Gasteiger partial charge in [-0.15, -0.1) is 0 Å². The van der Waals surface area contributed by atoms with Crippen molar-refractivity contribution in [1.29, 1.82) is 0 Å². The number of nitrogens with one attached hydrogen (secondary N) is 1. The van der Waals surface area contributed by atoms with Crippen LogP contribution in [0.5, 0.6) is 0 Å². The number of benzene rings is 2. The summed E-state index contributed by atoms with van der Waals surface area (Å²) in [6.07, 6.45) is -4.58. The van der Waals surface area contributed by atoms with E-state index in [4.69, 9.17) is 5.11 Å². The zero-order valence-electron chi connectivity index (χ0n) is 10.4. The average molecular weight is 407 g/mol. The van der Waals surface area contributed by atoms with Gasteiger partial charge < -0.3 is 10.4 Å². The van der Waals surface area contributed by atoms with Crippen LogP contribution in [-0.4, -0.2) is 11.1 Å². The number of carboxylic acids is 1. The summed E-state index contributed by atoms with van der Waals surface area (Å²) in [5.41, 5.74) is -0.717. The second-order valence-electron chi connectivity index (χ2n) is 4.20. The van der Waals surface area contributed by atoms with Crippen molar-refractivity contribution >= 4 is 39.9 Å². The molecule has 0 saturated carbocycles. The van der Waals surface area contributed by atoms with E-state index >= 15 is 0 Å². The summed E-state index contributed by atoms with van der Waals surface area (Å²) in [6.45, 7) is 0. The van der Waals surface area contributed by atoms with Gasteiger partial charge in [-0.3, -0.25) is 0 Å². The Labute approximate surface area is 131 Å². The van der Waals surface area contributed by atoms with E-state index < -0.39 is 23.3 Å². The number of carbonyl (C=O) groups is 1. The first kappa shape index (κ1) is 15.6. The quantitative estimate of drug-likeness (QED) is 0.723. The van der Waals surface area contributed by atoms with Crippen LogP contribution in [-0.2, 0) is 6.18 Å². The number of hydrogen-bond donors (Lipinski definition) is 2. The lowest BCUT2D eigenvalue weighted by Gasteiger charge is -2.13. The smallest absolute Gasteiger partial charge is 0.416 e. The van der Waals surface area contributed by atoms with Gasteiger partial charge in [0.25, 0.3) is 0 Å². The molecule has 2 rings (SSSR count). The monoisotopic (exact) mass is 407 g/mol. The van der Waals surface area contributed by atoms with Crippen molar-refractivity contribution in [2.45, 2.75) is 6.18 Å². The first-order valence-electron chi connectivity index (χ1n) is 5.74. The summed E-state index contributed by atoms with van der Waals surface area (Å²) in [4.78, 5) is 11.1. The van der Waals surface area contributed by atoms with Crippen molar-refractivity contribution in [2.24, 2.45) is 0 Å². The van der Waals surface area contributed by atoms with Gasteiger partial charge >= 0.3 is 12.1 Å². The molecule has 0 fully saturated rings. The summed E-state index contributed by atoms with van der Waals surface area (Å²) in [5.74, 6) is -1.42. The van der Waals surface area contributed by atoms with E-state index in [1.54, 1.807) is 24.3 Å². The molecule has 0 amide bonds. The minimum atomic E-state index is -4.58. The number of halogens is 4. The third-order valence-electron chi connectivity index (χ3n) is 2.70. The first-order chi connectivity index (χ1) is 9.77. The van der Waals surface area contributed by atoms with Gasteiger partial charge in [0.15, 0.2) is 0 Å². The Bertz CT molecular complexity index is 669. The fourth-order valence-corrected chi connectivity index (χ4v) is 2.05. The number of carboxylic acid groups (broad SMARTS) is 1. The van der Waals surface area contributed by atoms with Gasteiger partial charge in [0.05, 0.1) is 16.8 Å². The van der Waals surface area contributed by atoms with Crippen LogP contribution in [0.25, 0.3) is 0 Å². The van der Waals surface area contributed by atoms with Crippen LogP contribution in [0.1, 0.15) is 15.9 Å². The lowest BCUT2D eigenvalue weighted by Crippen LogP contribution is -2.09. The molecule has 7 heteroatoms. The van der Waals surface area contributed by atoms with Crippen LogP contribution in [0.15, 0.2) is 42.5 Å². The highest BCUT2D eigenvalue weighted by Gasteiger charge is 2.31. The maximum atomic E-state index is 12.6. The van der Waals surface area contributed by atoms with E-state index in [-0.39, 0.29) is 5.69 Å². The molecule has 0 atom stereocenters. The molecule has 0 spiro atoms. The van der Waals surface area contributed by atoms with Crippen molar-refractivity contribution in [3.63, 3.8) is 0 Å². The molecule has 110 valence electrons. The van der Waals surface area contributed by atoms with Gasteiger partial charge in [-0.25, -0.2) is 4.79 Å². The molecule has 0 unspecified atom stereocenters. The highest BCUT2D eigenvalue weighted by Crippen LogP contribution is 2.32. The lowest BCUT2D eigenvalue weighted by atomic mass is 10.1. The van der Waals surface area contributed by atoms with Crippen molar-refractivity contribution in [1.82, 2.24) is 0 Å². The summed E-state index contributed by atoms with van der Waals surface area (Å²) < 4.78 is 38.9. The van der Waals surface area contributed by atoms with E-state index in [1.807, 2.05) is 0 Å². The summed E-state index contributed by atoms with van der Waals surface area (Å²) in [7, 11) is 0. The van der Waals surface area contributed by atoms with Gasteiger partial charge in [-0.2, -0.15) is 13.2 Å². The average Bonchev–Trinajstić information content (AvgIpc) is 2.40. The van der Waals surface area contributed by atoms with Crippen LogP contribution in [0, 0.1) is 3.57 Å². The molecule has 0 aliphatic heterocycles. The Kier molecular flexibility index (Phi) is 4.40. The molecular formula is C14H9F3INO2. The van der Waals surface area contributed by atoms with Crippen LogP contribution in [0.2, 0.25) is 0 Å². The topological polar surface area (TPSA) is 49.3 Å². The first-order valence-corrected chi connectivity index (χ1v) is 6.82. The SMILES string of the molecule is O=C(O)c1cc(C(F)(F)F)ccc1Nc1ccc(I)cc1. The normalized spacial score (nSPS) is 11.2. The second-order valence-corrected chi connectivity index (χ2v) is 5.44. The number of aromatic carboxylic acids is 1. The summed E-state index contributed by atoms with van der Waals surface area (Å²) in [6, 6.07) is 9.61. The van der Waals surface area contributed by atoms with E-state index in [0.717, 1.165) is 15.7 Å². The van der Waals surface area contributed by atoms with Crippen molar-refractivity contribution < 1.29 is 23.1 Å². The van der Waals surface area contributed by atoms with Crippen molar-refractivity contribution in [2.75, 3.05) is 5.32 Å². The molecule has 0 radical (unpaired) electrons. The molecule has 0 aliphatic carbocycles. The number of hydrogen-bond acceptors (Lipinski definition) is 2. The second kappa shape index (κ2) is 5.92. The Hall–Kier alpha value is -1.77. The van der Waals surface area contributed by atoms with Gasteiger partial charge in [-0.1, -0.05) is 0 Å². The third-order valence-corrected chi connectivity index (χ3v) is 3.42. The summed E-state index contributed by atoms with van der Waals surface area (Å²) >= 11 is 2.11. The molecular weight excluding hydrogens is 398 g/mol. The van der Waals surface area contributed by atoms with Crippen molar-refractivity contribution in [3.8, 4) is 0 Å². The lowest BCUT2D eigenvalue weighted by molar-refractivity contribution is -0.137. The minimum absolute atomic E-state index is 0.108. The minimum Gasteiger partial charge on any atom is -0.478 e. The molecule has 2 N–H and O–H groups in total. The molecule has 0 heterocycles. The van der Waals surface area contributed by atoms with Crippen LogP contribution >= 0.6 is 22.6 Å². The van der Waals surface area contributed by atoms with E-state index in [9.17, 15) is 18.0 Å². The predicted molar refractivity (Wildman–Crippen MR) is 80.8 cm³/mol. The number of anilines is 2. The molecule has 3 nitrogen and oxygen atoms in total. The van der Waals surface area contributed by atoms with Gasteiger partial charge in [0, 0.05) is 9.26 Å². The zero-order valence-corrected chi connectivity index (χ0v) is 12.6. The molecule has 0 aromatic heterocycles. The van der Waals surface area contributed by atoms with Gasteiger partial charge in [-0.05, 0) is 65.1 Å². The fraction of sp³-hybridized carbons (Fsp3) is 0.0714. The maximum Gasteiger partial charge on any atom is 0.416 e. The van der Waals surface area contributed by atoms with Crippen molar-refractivity contribution in [3.05, 3.63) is 57.2 Å². The summed E-state index contributed by atoms with van der Waals surface area (Å²) in [5, 5.41) is 11.9. The highest BCUT2D eigenvalue weighted by atomic mass is 127. The maximum absolute atomic E-state index is 12.6. The number of alkyl halides is 3. The van der Waals surface area contributed by atoms with Crippen LogP contribution in [0.3, 0.4) is 0 Å². The molecule has 0 bridgehead atoms. The van der Waals surface area contributed by atoms with Crippen LogP contribution < -0.4 is 5.32 Å². The molecule has 0 aliphatic rings. The third kappa shape index (κ3) is 3.87. The van der Waals surface area contributed by atoms with Gasteiger partial charge in [0.2, 0.25) is 0 Å². The molecule has 2 aromatic carbocycles. The predicted octanol–water partition coefficient (Wildman–Crippen LogP) is 4.75. The molecule has 2 aromatic rings. The molecule has 21 heavy (non-hydrogen) atoms. The number of rotatable bonds is 3.